The first-order chi connectivity index (χ1) is 8.71. The van der Waals surface area contributed by atoms with Gasteiger partial charge in [-0.1, -0.05) is 44.5 Å². The van der Waals surface area contributed by atoms with Crippen molar-refractivity contribution in [2.24, 2.45) is 5.92 Å². The van der Waals surface area contributed by atoms with Crippen molar-refractivity contribution >= 4 is 0 Å². The molecule has 0 radical (unpaired) electrons. The Morgan fingerprint density at radius 1 is 1.22 bits per heavy atom. The number of nitrogens with one attached hydrogen (secondary N) is 1. The van der Waals surface area contributed by atoms with E-state index in [0.717, 1.165) is 13.0 Å². The van der Waals surface area contributed by atoms with Gasteiger partial charge in [0.05, 0.1) is 0 Å². The lowest BCUT2D eigenvalue weighted by atomic mass is 9.95. The summed E-state index contributed by atoms with van der Waals surface area (Å²) in [4.78, 5) is 0. The first-order valence-electron chi connectivity index (χ1n) is 6.96. The highest BCUT2D eigenvalue weighted by atomic mass is 16.5. The SMILES string of the molecule is CCCc1ccc(C(CC(C)COC)NC)cc1. The fourth-order valence-corrected chi connectivity index (χ4v) is 2.38. The molecule has 1 rings (SSSR count). The maximum atomic E-state index is 5.21. The molecule has 18 heavy (non-hydrogen) atoms. The molecule has 0 aliphatic carbocycles. The smallest absolute Gasteiger partial charge is 0.0488 e. The minimum absolute atomic E-state index is 0.422. The number of hydrogen-bond acceptors (Lipinski definition) is 2. The molecule has 0 amide bonds. The molecule has 102 valence electrons. The summed E-state index contributed by atoms with van der Waals surface area (Å²) in [5, 5.41) is 3.40. The molecule has 0 saturated carbocycles. The molecule has 0 aliphatic rings. The Kier molecular flexibility index (Phi) is 6.99. The van der Waals surface area contributed by atoms with Crippen molar-refractivity contribution < 1.29 is 4.74 Å². The van der Waals surface area contributed by atoms with Crippen LogP contribution in [-0.2, 0) is 11.2 Å². The van der Waals surface area contributed by atoms with Gasteiger partial charge in [-0.2, -0.15) is 0 Å². The molecule has 1 aromatic carbocycles. The highest BCUT2D eigenvalue weighted by Gasteiger charge is 2.13. The molecule has 2 nitrogen and oxygen atoms in total. The third-order valence-electron chi connectivity index (χ3n) is 3.36. The lowest BCUT2D eigenvalue weighted by Crippen LogP contribution is -2.20. The standard InChI is InChI=1S/C16H27NO/c1-5-6-14-7-9-15(10-8-14)16(17-3)11-13(2)12-18-4/h7-10,13,16-17H,5-6,11-12H2,1-4H3. The Hall–Kier alpha value is -0.860. The zero-order valence-electron chi connectivity index (χ0n) is 12.2. The van der Waals surface area contributed by atoms with Crippen LogP contribution in [0.4, 0.5) is 0 Å². The van der Waals surface area contributed by atoms with Gasteiger partial charge in [0, 0.05) is 19.8 Å². The van der Waals surface area contributed by atoms with E-state index in [4.69, 9.17) is 4.74 Å². The molecule has 0 heterocycles. The van der Waals surface area contributed by atoms with Crippen molar-refractivity contribution in [3.63, 3.8) is 0 Å². The minimum Gasteiger partial charge on any atom is -0.384 e. The number of methoxy groups -OCH3 is 1. The van der Waals surface area contributed by atoms with Gasteiger partial charge in [-0.25, -0.2) is 0 Å². The summed E-state index contributed by atoms with van der Waals surface area (Å²) < 4.78 is 5.21. The summed E-state index contributed by atoms with van der Waals surface area (Å²) in [5.41, 5.74) is 2.81. The summed E-state index contributed by atoms with van der Waals surface area (Å²) >= 11 is 0. The molecule has 0 aromatic heterocycles. The number of rotatable bonds is 8. The summed E-state index contributed by atoms with van der Waals surface area (Å²) in [6.07, 6.45) is 3.49. The molecular weight excluding hydrogens is 222 g/mol. The predicted octanol–water partition coefficient (Wildman–Crippen LogP) is 3.57. The van der Waals surface area contributed by atoms with Crippen molar-refractivity contribution in [1.82, 2.24) is 5.32 Å². The average molecular weight is 249 g/mol. The van der Waals surface area contributed by atoms with Crippen molar-refractivity contribution in [2.45, 2.75) is 39.2 Å². The van der Waals surface area contributed by atoms with Crippen molar-refractivity contribution in [2.75, 3.05) is 20.8 Å². The van der Waals surface area contributed by atoms with Gasteiger partial charge in [0.25, 0.3) is 0 Å². The van der Waals surface area contributed by atoms with Crippen LogP contribution < -0.4 is 5.32 Å². The Labute approximate surface area is 112 Å². The molecule has 0 spiro atoms. The van der Waals surface area contributed by atoms with Crippen LogP contribution in [0.3, 0.4) is 0 Å². The second-order valence-corrected chi connectivity index (χ2v) is 5.13. The van der Waals surface area contributed by atoms with E-state index >= 15 is 0 Å². The van der Waals surface area contributed by atoms with Crippen LogP contribution in [0.15, 0.2) is 24.3 Å². The van der Waals surface area contributed by atoms with Crippen LogP contribution >= 0.6 is 0 Å². The molecule has 0 aliphatic heterocycles. The summed E-state index contributed by atoms with van der Waals surface area (Å²) in [5.74, 6) is 0.572. The quantitative estimate of drug-likeness (QED) is 0.760. The lowest BCUT2D eigenvalue weighted by molar-refractivity contribution is 0.150. The Morgan fingerprint density at radius 2 is 1.89 bits per heavy atom. The average Bonchev–Trinajstić information content (AvgIpc) is 2.38. The normalized spacial score (nSPS) is 14.4. The second kappa shape index (κ2) is 8.28. The second-order valence-electron chi connectivity index (χ2n) is 5.13. The van der Waals surface area contributed by atoms with E-state index < -0.39 is 0 Å². The Balaban J connectivity index is 2.63. The van der Waals surface area contributed by atoms with E-state index in [0.29, 0.717) is 12.0 Å². The van der Waals surface area contributed by atoms with E-state index in [9.17, 15) is 0 Å². The van der Waals surface area contributed by atoms with Crippen LogP contribution in [0.1, 0.15) is 43.9 Å². The van der Waals surface area contributed by atoms with Crippen LogP contribution in [-0.4, -0.2) is 20.8 Å². The molecule has 0 saturated heterocycles. The first kappa shape index (κ1) is 15.2. The third kappa shape index (κ3) is 4.79. The molecule has 0 fully saturated rings. The number of ether oxygens (including phenoxy) is 1. The van der Waals surface area contributed by atoms with Gasteiger partial charge >= 0.3 is 0 Å². The van der Waals surface area contributed by atoms with E-state index in [-0.39, 0.29) is 0 Å². The van der Waals surface area contributed by atoms with Crippen LogP contribution in [0.25, 0.3) is 0 Å². The predicted molar refractivity (Wildman–Crippen MR) is 77.9 cm³/mol. The molecule has 1 N–H and O–H groups in total. The van der Waals surface area contributed by atoms with Gasteiger partial charge in [0.1, 0.15) is 0 Å². The molecule has 1 aromatic rings. The molecule has 2 unspecified atom stereocenters. The van der Waals surface area contributed by atoms with Crippen LogP contribution in [0.2, 0.25) is 0 Å². The molecule has 2 heteroatoms. The maximum absolute atomic E-state index is 5.21. The Morgan fingerprint density at radius 3 is 2.39 bits per heavy atom. The first-order valence-corrected chi connectivity index (χ1v) is 6.96. The number of hydrogen-bond donors (Lipinski definition) is 1. The van der Waals surface area contributed by atoms with E-state index in [2.05, 4.69) is 43.4 Å². The van der Waals surface area contributed by atoms with Gasteiger partial charge in [-0.15, -0.1) is 0 Å². The summed E-state index contributed by atoms with van der Waals surface area (Å²) in [6.45, 7) is 5.28. The zero-order chi connectivity index (χ0) is 13.4. The molecular formula is C16H27NO. The van der Waals surface area contributed by atoms with E-state index in [1.165, 1.54) is 24.0 Å². The lowest BCUT2D eigenvalue weighted by Gasteiger charge is -2.21. The van der Waals surface area contributed by atoms with E-state index in [1.54, 1.807) is 7.11 Å². The van der Waals surface area contributed by atoms with E-state index in [1.807, 2.05) is 7.05 Å². The highest BCUT2D eigenvalue weighted by molar-refractivity contribution is 5.25. The molecule has 0 bridgehead atoms. The maximum Gasteiger partial charge on any atom is 0.0488 e. The summed E-state index contributed by atoms with van der Waals surface area (Å²) in [7, 11) is 3.80. The van der Waals surface area contributed by atoms with Gasteiger partial charge in [0.15, 0.2) is 0 Å². The summed E-state index contributed by atoms with van der Waals surface area (Å²) in [6, 6.07) is 9.44. The fourth-order valence-electron chi connectivity index (χ4n) is 2.38. The number of benzene rings is 1. The Bertz CT molecular complexity index is 320. The van der Waals surface area contributed by atoms with Crippen LogP contribution in [0, 0.1) is 5.92 Å². The van der Waals surface area contributed by atoms with Gasteiger partial charge in [-0.3, -0.25) is 0 Å². The van der Waals surface area contributed by atoms with Gasteiger partial charge in [0.2, 0.25) is 0 Å². The van der Waals surface area contributed by atoms with Crippen molar-refractivity contribution in [3.05, 3.63) is 35.4 Å². The minimum atomic E-state index is 0.422. The van der Waals surface area contributed by atoms with Gasteiger partial charge in [-0.05, 0) is 36.9 Å². The largest absolute Gasteiger partial charge is 0.384 e. The monoisotopic (exact) mass is 249 g/mol. The number of aryl methyl sites for hydroxylation is 1. The van der Waals surface area contributed by atoms with Crippen molar-refractivity contribution in [1.29, 1.82) is 0 Å². The van der Waals surface area contributed by atoms with Gasteiger partial charge < -0.3 is 10.1 Å². The highest BCUT2D eigenvalue weighted by Crippen LogP contribution is 2.22. The fraction of sp³-hybridized carbons (Fsp3) is 0.625. The topological polar surface area (TPSA) is 21.3 Å². The third-order valence-corrected chi connectivity index (χ3v) is 3.36. The van der Waals surface area contributed by atoms with Crippen molar-refractivity contribution in [3.8, 4) is 0 Å². The zero-order valence-corrected chi connectivity index (χ0v) is 12.2. The molecule has 2 atom stereocenters. The van der Waals surface area contributed by atoms with Crippen LogP contribution in [0.5, 0.6) is 0 Å².